The smallest absolute Gasteiger partial charge is 0.248 e. The van der Waals surface area contributed by atoms with E-state index in [4.69, 9.17) is 4.74 Å². The molecule has 1 unspecified atom stereocenters. The number of rotatable bonds is 1. The summed E-state index contributed by atoms with van der Waals surface area (Å²) in [6.45, 7) is 0. The third-order valence-corrected chi connectivity index (χ3v) is 2.94. The molecule has 4 heteroatoms. The van der Waals surface area contributed by atoms with E-state index in [0.717, 1.165) is 0 Å². The Hall–Kier alpha value is -2.13. The molecule has 1 heterocycles. The van der Waals surface area contributed by atoms with Crippen LogP contribution in [0, 0.1) is 0 Å². The number of hydrogen-bond acceptors (Lipinski definition) is 3. The summed E-state index contributed by atoms with van der Waals surface area (Å²) in [5.74, 6) is -0.526. The van der Waals surface area contributed by atoms with Crippen molar-refractivity contribution in [2.24, 2.45) is 0 Å². The molecule has 1 aliphatic rings. The van der Waals surface area contributed by atoms with Crippen molar-refractivity contribution in [1.29, 1.82) is 0 Å². The molecule has 3 rings (SSSR count). The first kappa shape index (κ1) is 13.3. The fourth-order valence-corrected chi connectivity index (χ4v) is 2.04. The lowest BCUT2D eigenvalue weighted by Crippen LogP contribution is -2.31. The fourth-order valence-electron chi connectivity index (χ4n) is 2.04. The molecule has 1 atom stereocenters. The average molecular weight is 275 g/mol. The van der Waals surface area contributed by atoms with Gasteiger partial charge >= 0.3 is 0 Å². The lowest BCUT2D eigenvalue weighted by atomic mass is 9.95. The van der Waals surface area contributed by atoms with E-state index in [1.54, 1.807) is 36.4 Å². The number of halogens is 1. The maximum Gasteiger partial charge on any atom is 0.248 e. The van der Waals surface area contributed by atoms with Crippen LogP contribution in [0.5, 0.6) is 5.75 Å². The minimum Gasteiger partial charge on any atom is -0.477 e. The molecule has 19 heavy (non-hydrogen) atoms. The Morgan fingerprint density at radius 1 is 0.842 bits per heavy atom. The maximum atomic E-state index is 12.0. The Bertz CT molecular complexity index is 622. The predicted molar refractivity (Wildman–Crippen MR) is 72.8 cm³/mol. The molecule has 2 aromatic rings. The normalized spacial score (nSPS) is 17.2. The summed E-state index contributed by atoms with van der Waals surface area (Å²) < 4.78 is 5.63. The van der Waals surface area contributed by atoms with Crippen molar-refractivity contribution in [3.63, 3.8) is 0 Å². The van der Waals surface area contributed by atoms with Crippen molar-refractivity contribution in [2.45, 2.75) is 6.10 Å². The third kappa shape index (κ3) is 2.25. The maximum absolute atomic E-state index is 12.0. The molecule has 0 aliphatic carbocycles. The number of carbonyl (C=O) groups is 2. The predicted octanol–water partition coefficient (Wildman–Crippen LogP) is 2.99. The summed E-state index contributed by atoms with van der Waals surface area (Å²) in [7, 11) is 0. The number of carbonyl (C=O) groups excluding carboxylic acids is 2. The highest BCUT2D eigenvalue weighted by Crippen LogP contribution is 2.32. The number of benzene rings is 2. The Labute approximate surface area is 116 Å². The molecule has 2 aromatic carbocycles. The van der Waals surface area contributed by atoms with E-state index < -0.39 is 17.7 Å². The second-order valence-corrected chi connectivity index (χ2v) is 4.10. The lowest BCUT2D eigenvalue weighted by molar-refractivity contribution is -0.122. The highest BCUT2D eigenvalue weighted by atomic mass is 35.5. The second-order valence-electron chi connectivity index (χ2n) is 4.10. The van der Waals surface area contributed by atoms with Gasteiger partial charge in [0, 0.05) is 5.56 Å². The first-order chi connectivity index (χ1) is 8.77. The molecule has 0 saturated heterocycles. The molecule has 0 spiro atoms. The van der Waals surface area contributed by atoms with Crippen molar-refractivity contribution >= 4 is 24.0 Å². The van der Waals surface area contributed by atoms with E-state index in [1.807, 2.05) is 18.2 Å². The number of ether oxygens (including phenoxy) is 1. The van der Waals surface area contributed by atoms with Crippen LogP contribution in [0.4, 0.5) is 0 Å². The van der Waals surface area contributed by atoms with Crippen LogP contribution >= 0.6 is 12.4 Å². The Morgan fingerprint density at radius 3 is 2.21 bits per heavy atom. The van der Waals surface area contributed by atoms with Crippen LogP contribution in [0.2, 0.25) is 0 Å². The van der Waals surface area contributed by atoms with Crippen LogP contribution < -0.4 is 4.74 Å². The topological polar surface area (TPSA) is 43.4 Å². The van der Waals surface area contributed by atoms with E-state index in [1.165, 1.54) is 0 Å². The molecule has 0 saturated carbocycles. The number of fused-ring (bicyclic) bond motifs is 1. The molecule has 0 N–H and O–H groups in total. The molecule has 0 fully saturated rings. The molecule has 1 aliphatic heterocycles. The van der Waals surface area contributed by atoms with Crippen LogP contribution in [0.15, 0.2) is 54.6 Å². The zero-order valence-corrected chi connectivity index (χ0v) is 10.7. The fraction of sp³-hybridized carbons (Fsp3) is 0.0667. The number of hydrogen-bond donors (Lipinski definition) is 0. The summed E-state index contributed by atoms with van der Waals surface area (Å²) in [5, 5.41) is 0. The molecule has 96 valence electrons. The standard InChI is InChI=1S/C15H10O3.ClH/c16-13-11-8-4-5-9-12(11)18-15(14(13)17)10-6-2-1-3-7-10;/h1-9,15H;1H. The van der Waals surface area contributed by atoms with E-state index in [0.29, 0.717) is 16.9 Å². The third-order valence-electron chi connectivity index (χ3n) is 2.94. The van der Waals surface area contributed by atoms with Crippen LogP contribution in [0.3, 0.4) is 0 Å². The number of para-hydroxylation sites is 1. The van der Waals surface area contributed by atoms with E-state index in [9.17, 15) is 9.59 Å². The highest BCUT2D eigenvalue weighted by Gasteiger charge is 2.35. The highest BCUT2D eigenvalue weighted by molar-refractivity contribution is 6.46. The van der Waals surface area contributed by atoms with E-state index in [2.05, 4.69) is 0 Å². The van der Waals surface area contributed by atoms with Crippen molar-refractivity contribution < 1.29 is 14.3 Å². The molecular formula is C15H11ClO3. The van der Waals surface area contributed by atoms with Crippen molar-refractivity contribution in [3.05, 3.63) is 65.7 Å². The largest absolute Gasteiger partial charge is 0.477 e. The van der Waals surface area contributed by atoms with Gasteiger partial charge in [0.25, 0.3) is 0 Å². The van der Waals surface area contributed by atoms with Gasteiger partial charge in [-0.05, 0) is 12.1 Å². The van der Waals surface area contributed by atoms with Gasteiger partial charge in [-0.2, -0.15) is 0 Å². The molecule has 0 radical (unpaired) electrons. The number of Topliss-reactive ketones (excluding diaryl/α,β-unsaturated/α-hetero) is 2. The summed E-state index contributed by atoms with van der Waals surface area (Å²) in [5.41, 5.74) is 1.04. The van der Waals surface area contributed by atoms with E-state index >= 15 is 0 Å². The summed E-state index contributed by atoms with van der Waals surface area (Å²) in [6, 6.07) is 15.9. The van der Waals surface area contributed by atoms with Gasteiger partial charge in [0.2, 0.25) is 11.6 Å². The van der Waals surface area contributed by atoms with Gasteiger partial charge in [-0.1, -0.05) is 42.5 Å². The first-order valence-corrected chi connectivity index (χ1v) is 5.66. The van der Waals surface area contributed by atoms with Gasteiger partial charge in [0.05, 0.1) is 5.56 Å². The van der Waals surface area contributed by atoms with Gasteiger partial charge in [-0.15, -0.1) is 12.4 Å². The van der Waals surface area contributed by atoms with Gasteiger partial charge in [0.1, 0.15) is 5.75 Å². The van der Waals surface area contributed by atoms with Crippen molar-refractivity contribution in [2.75, 3.05) is 0 Å². The Morgan fingerprint density at radius 2 is 1.47 bits per heavy atom. The van der Waals surface area contributed by atoms with Gasteiger partial charge < -0.3 is 4.74 Å². The van der Waals surface area contributed by atoms with Gasteiger partial charge in [-0.25, -0.2) is 0 Å². The Kier molecular flexibility index (Phi) is 3.67. The van der Waals surface area contributed by atoms with Gasteiger partial charge in [0.15, 0.2) is 6.10 Å². The summed E-state index contributed by atoms with van der Waals surface area (Å²) >= 11 is 0. The minimum atomic E-state index is -0.825. The average Bonchev–Trinajstić information content (AvgIpc) is 2.44. The van der Waals surface area contributed by atoms with Crippen LogP contribution in [0.1, 0.15) is 22.0 Å². The monoisotopic (exact) mass is 274 g/mol. The van der Waals surface area contributed by atoms with Gasteiger partial charge in [-0.3, -0.25) is 9.59 Å². The number of ketones is 2. The summed E-state index contributed by atoms with van der Waals surface area (Å²) in [6.07, 6.45) is -0.825. The zero-order chi connectivity index (χ0) is 12.5. The lowest BCUT2D eigenvalue weighted by Gasteiger charge is -2.23. The summed E-state index contributed by atoms with van der Waals surface area (Å²) in [4.78, 5) is 24.0. The first-order valence-electron chi connectivity index (χ1n) is 5.66. The van der Waals surface area contributed by atoms with Crippen molar-refractivity contribution in [1.82, 2.24) is 0 Å². The second kappa shape index (κ2) is 5.24. The van der Waals surface area contributed by atoms with Crippen LogP contribution in [0.25, 0.3) is 0 Å². The molecule has 0 bridgehead atoms. The molecule has 3 nitrogen and oxygen atoms in total. The molecule has 0 aromatic heterocycles. The SMILES string of the molecule is Cl.O=C1C(=O)C(c2ccccc2)Oc2ccccc21. The quantitative estimate of drug-likeness (QED) is 0.751. The Balaban J connectivity index is 0.00000133. The van der Waals surface area contributed by atoms with Crippen molar-refractivity contribution in [3.8, 4) is 5.75 Å². The van der Waals surface area contributed by atoms with E-state index in [-0.39, 0.29) is 12.4 Å². The van der Waals surface area contributed by atoms with Crippen LogP contribution in [-0.2, 0) is 4.79 Å². The van der Waals surface area contributed by atoms with Crippen LogP contribution in [-0.4, -0.2) is 11.6 Å². The zero-order valence-electron chi connectivity index (χ0n) is 9.91. The minimum absolute atomic E-state index is 0. The molecule has 0 amide bonds. The molecular weight excluding hydrogens is 264 g/mol.